The van der Waals surface area contributed by atoms with Gasteiger partial charge in [-0.05, 0) is 78.4 Å². The average molecular weight is 451 g/mol. The standard InChI is InChI=1S/C21H26INO2/c1-20-11-14(12-23)19-16-5-3-15(24)10-13(16)2-4-17(19)18(20)6-7-21(20,25)8-9-22/h8-10,14,16-19,25H,2-7,11H2,1H3/b9-8+/t14?,16?,17?,18?,19?,20-,21+/m0/s1. The Labute approximate surface area is 163 Å². The van der Waals surface area contributed by atoms with Crippen LogP contribution < -0.4 is 0 Å². The number of aliphatic hydroxyl groups is 1. The van der Waals surface area contributed by atoms with Crippen molar-refractivity contribution >= 4 is 28.4 Å². The number of fused-ring (bicyclic) bond motifs is 5. The van der Waals surface area contributed by atoms with Crippen molar-refractivity contribution in [3.05, 3.63) is 21.8 Å². The first-order valence-corrected chi connectivity index (χ1v) is 10.8. The maximum Gasteiger partial charge on any atom is 0.155 e. The highest BCUT2D eigenvalue weighted by Gasteiger charge is 2.63. The predicted octanol–water partition coefficient (Wildman–Crippen LogP) is 4.56. The van der Waals surface area contributed by atoms with Gasteiger partial charge in [-0.3, -0.25) is 4.79 Å². The van der Waals surface area contributed by atoms with Crippen LogP contribution in [0.3, 0.4) is 0 Å². The molecule has 0 aromatic carbocycles. The number of carbonyl (C=O) groups excluding carboxylic acids is 1. The van der Waals surface area contributed by atoms with Gasteiger partial charge >= 0.3 is 0 Å². The zero-order valence-corrected chi connectivity index (χ0v) is 16.9. The minimum atomic E-state index is -0.780. The molecule has 0 spiro atoms. The molecule has 0 heterocycles. The van der Waals surface area contributed by atoms with Crippen LogP contribution in [-0.2, 0) is 4.79 Å². The second-order valence-electron chi connectivity index (χ2n) is 8.83. The summed E-state index contributed by atoms with van der Waals surface area (Å²) in [4.78, 5) is 11.8. The molecule has 3 saturated carbocycles. The van der Waals surface area contributed by atoms with Crippen LogP contribution in [0.25, 0.3) is 0 Å². The van der Waals surface area contributed by atoms with E-state index in [1.165, 1.54) is 5.57 Å². The van der Waals surface area contributed by atoms with Gasteiger partial charge in [0.05, 0.1) is 17.6 Å². The molecular weight excluding hydrogens is 425 g/mol. The Hall–Kier alpha value is -0.670. The number of hydrogen-bond acceptors (Lipinski definition) is 3. The molecule has 0 amide bonds. The quantitative estimate of drug-likeness (QED) is 0.595. The second-order valence-corrected chi connectivity index (χ2v) is 9.55. The third-order valence-corrected chi connectivity index (χ3v) is 8.38. The van der Waals surface area contributed by atoms with Crippen molar-refractivity contribution in [1.82, 2.24) is 0 Å². The van der Waals surface area contributed by atoms with Gasteiger partial charge in [-0.25, -0.2) is 0 Å². The maximum atomic E-state index is 11.8. The summed E-state index contributed by atoms with van der Waals surface area (Å²) in [5.74, 6) is 2.04. The molecule has 4 aliphatic carbocycles. The highest BCUT2D eigenvalue weighted by Crippen LogP contribution is 2.66. The second kappa shape index (κ2) is 6.20. The lowest BCUT2D eigenvalue weighted by Crippen LogP contribution is -2.55. The number of ketones is 1. The molecule has 0 aliphatic heterocycles. The summed E-state index contributed by atoms with van der Waals surface area (Å²) < 4.78 is 1.94. The normalized spacial score (nSPS) is 49.1. The van der Waals surface area contributed by atoms with Gasteiger partial charge in [-0.1, -0.05) is 35.1 Å². The van der Waals surface area contributed by atoms with Gasteiger partial charge in [-0.2, -0.15) is 5.26 Å². The topological polar surface area (TPSA) is 61.1 Å². The summed E-state index contributed by atoms with van der Waals surface area (Å²) in [6.45, 7) is 2.22. The Morgan fingerprint density at radius 3 is 2.88 bits per heavy atom. The van der Waals surface area contributed by atoms with E-state index in [4.69, 9.17) is 0 Å². The van der Waals surface area contributed by atoms with Crippen LogP contribution in [0.5, 0.6) is 0 Å². The van der Waals surface area contributed by atoms with Crippen molar-refractivity contribution in [2.24, 2.45) is 35.0 Å². The minimum absolute atomic E-state index is 0.0135. The molecule has 4 heteroatoms. The molecule has 0 aromatic rings. The van der Waals surface area contributed by atoms with Crippen LogP contribution in [0, 0.1) is 46.3 Å². The summed E-state index contributed by atoms with van der Waals surface area (Å²) in [6.07, 6.45) is 10.1. The summed E-state index contributed by atoms with van der Waals surface area (Å²) in [7, 11) is 0. The van der Waals surface area contributed by atoms with E-state index in [-0.39, 0.29) is 17.1 Å². The minimum Gasteiger partial charge on any atom is -0.385 e. The van der Waals surface area contributed by atoms with E-state index < -0.39 is 5.60 Å². The number of halogens is 1. The largest absolute Gasteiger partial charge is 0.385 e. The first kappa shape index (κ1) is 17.7. The van der Waals surface area contributed by atoms with Crippen molar-refractivity contribution < 1.29 is 9.90 Å². The Balaban J connectivity index is 1.73. The van der Waals surface area contributed by atoms with Crippen molar-refractivity contribution in [2.45, 2.75) is 57.5 Å². The van der Waals surface area contributed by atoms with Crippen LogP contribution in [0.4, 0.5) is 0 Å². The summed E-state index contributed by atoms with van der Waals surface area (Å²) >= 11 is 2.19. The zero-order chi connectivity index (χ0) is 17.8. The predicted molar refractivity (Wildman–Crippen MR) is 105 cm³/mol. The summed E-state index contributed by atoms with van der Waals surface area (Å²) in [6, 6.07) is 2.62. The lowest BCUT2D eigenvalue weighted by Gasteiger charge is -2.56. The van der Waals surface area contributed by atoms with Crippen LogP contribution in [-0.4, -0.2) is 16.5 Å². The van der Waals surface area contributed by atoms with Crippen molar-refractivity contribution in [3.8, 4) is 6.07 Å². The maximum absolute atomic E-state index is 11.8. The molecule has 0 saturated heterocycles. The van der Waals surface area contributed by atoms with E-state index in [9.17, 15) is 15.2 Å². The summed E-state index contributed by atoms with van der Waals surface area (Å²) in [5.41, 5.74) is 0.321. The Bertz CT molecular complexity index is 692. The van der Waals surface area contributed by atoms with Gasteiger partial charge in [0.25, 0.3) is 0 Å². The molecule has 4 aliphatic rings. The lowest BCUT2D eigenvalue weighted by atomic mass is 9.47. The van der Waals surface area contributed by atoms with Gasteiger partial charge in [0.2, 0.25) is 0 Å². The van der Waals surface area contributed by atoms with E-state index >= 15 is 0 Å². The smallest absolute Gasteiger partial charge is 0.155 e. The first-order valence-electron chi connectivity index (χ1n) is 9.57. The fourth-order valence-corrected chi connectivity index (χ4v) is 7.45. The fraction of sp³-hybridized carbons (Fsp3) is 0.714. The Kier molecular flexibility index (Phi) is 4.39. The number of rotatable bonds is 1. The monoisotopic (exact) mass is 451 g/mol. The van der Waals surface area contributed by atoms with E-state index in [0.717, 1.165) is 38.5 Å². The average Bonchev–Trinajstić information content (AvgIpc) is 2.85. The van der Waals surface area contributed by atoms with Gasteiger partial charge in [0.15, 0.2) is 5.78 Å². The highest BCUT2D eigenvalue weighted by molar-refractivity contribution is 14.1. The van der Waals surface area contributed by atoms with Gasteiger partial charge < -0.3 is 5.11 Å². The molecule has 7 atom stereocenters. The van der Waals surface area contributed by atoms with Crippen molar-refractivity contribution in [2.75, 3.05) is 0 Å². The molecule has 0 aromatic heterocycles. The fourth-order valence-electron chi connectivity index (χ4n) is 6.86. The Morgan fingerprint density at radius 2 is 2.16 bits per heavy atom. The third kappa shape index (κ3) is 2.49. The Morgan fingerprint density at radius 1 is 1.36 bits per heavy atom. The van der Waals surface area contributed by atoms with E-state index in [1.807, 2.05) is 16.2 Å². The number of nitrogens with zero attached hydrogens (tertiary/aromatic N) is 1. The van der Waals surface area contributed by atoms with Gasteiger partial charge in [-0.15, -0.1) is 0 Å². The molecule has 3 nitrogen and oxygen atoms in total. The molecule has 0 radical (unpaired) electrons. The molecule has 25 heavy (non-hydrogen) atoms. The van der Waals surface area contributed by atoms with Crippen LogP contribution in [0.15, 0.2) is 21.8 Å². The van der Waals surface area contributed by atoms with E-state index in [1.54, 1.807) is 0 Å². The van der Waals surface area contributed by atoms with Crippen molar-refractivity contribution in [1.29, 1.82) is 5.26 Å². The summed E-state index contributed by atoms with van der Waals surface area (Å²) in [5, 5.41) is 21.3. The molecule has 1 N–H and O–H groups in total. The van der Waals surface area contributed by atoms with Gasteiger partial charge in [0.1, 0.15) is 0 Å². The number of carbonyl (C=O) groups is 1. The molecule has 134 valence electrons. The van der Waals surface area contributed by atoms with Gasteiger partial charge in [0, 0.05) is 11.8 Å². The van der Waals surface area contributed by atoms with Crippen LogP contribution >= 0.6 is 22.6 Å². The number of hydrogen-bond donors (Lipinski definition) is 1. The first-order chi connectivity index (χ1) is 11.9. The lowest BCUT2D eigenvalue weighted by molar-refractivity contribution is -0.118. The number of allylic oxidation sites excluding steroid dienone is 1. The highest BCUT2D eigenvalue weighted by atomic mass is 127. The van der Waals surface area contributed by atoms with Crippen molar-refractivity contribution in [3.63, 3.8) is 0 Å². The molecule has 4 rings (SSSR count). The van der Waals surface area contributed by atoms with Crippen LogP contribution in [0.2, 0.25) is 0 Å². The van der Waals surface area contributed by atoms with E-state index in [0.29, 0.717) is 30.1 Å². The molecular formula is C21H26INO2. The number of nitriles is 1. The van der Waals surface area contributed by atoms with E-state index in [2.05, 4.69) is 35.6 Å². The molecule has 5 unspecified atom stereocenters. The molecule has 0 bridgehead atoms. The molecule has 3 fully saturated rings. The third-order valence-electron chi connectivity index (χ3n) is 8.02. The zero-order valence-electron chi connectivity index (χ0n) is 14.7. The SMILES string of the molecule is C[C@]12CC(C#N)C3C4CCC(=O)C=C4CCC3C1CC[C@@]2(O)/C=C/I. The van der Waals surface area contributed by atoms with Crippen LogP contribution in [0.1, 0.15) is 51.9 Å².